The van der Waals surface area contributed by atoms with Gasteiger partial charge in [-0.1, -0.05) is 6.82 Å². The minimum Gasteiger partial charge on any atom is -0.382 e. The Morgan fingerprint density at radius 3 is 2.67 bits per heavy atom. The molecule has 0 fully saturated rings. The number of aromatic nitrogens is 2. The Hall–Kier alpha value is -1.06. The van der Waals surface area contributed by atoms with Crippen molar-refractivity contribution in [3.63, 3.8) is 0 Å². The van der Waals surface area contributed by atoms with Crippen LogP contribution in [0.4, 0.5) is 5.82 Å². The minimum atomic E-state index is 0.479. The van der Waals surface area contributed by atoms with E-state index < -0.39 is 0 Å². The normalized spacial score (nSPS) is 9.00. The number of hydrogen-bond donors (Lipinski definition) is 1. The van der Waals surface area contributed by atoms with Gasteiger partial charge in [0, 0.05) is 11.8 Å². The van der Waals surface area contributed by atoms with Crippen molar-refractivity contribution >= 4 is 18.7 Å². The van der Waals surface area contributed by atoms with E-state index in [2.05, 4.69) is 9.97 Å². The monoisotopic (exact) mass is 121 g/mol. The lowest BCUT2D eigenvalue weighted by atomic mass is 9.78. The Morgan fingerprint density at radius 1 is 1.44 bits per heavy atom. The van der Waals surface area contributed by atoms with Gasteiger partial charge in [0.1, 0.15) is 5.82 Å². The summed E-state index contributed by atoms with van der Waals surface area (Å²) in [5.41, 5.74) is 6.28. The lowest BCUT2D eigenvalue weighted by Gasteiger charge is -1.92. The molecule has 0 saturated carbocycles. The van der Waals surface area contributed by atoms with Crippen molar-refractivity contribution in [2.45, 2.75) is 6.82 Å². The quantitative estimate of drug-likeness (QED) is 0.493. The van der Waals surface area contributed by atoms with Crippen molar-refractivity contribution in [1.82, 2.24) is 9.97 Å². The van der Waals surface area contributed by atoms with Crippen molar-refractivity contribution in [3.05, 3.63) is 12.4 Å². The number of hydrogen-bond acceptors (Lipinski definition) is 3. The summed E-state index contributed by atoms with van der Waals surface area (Å²) in [6.07, 6.45) is 3.26. The first kappa shape index (κ1) is 6.07. The predicted molar refractivity (Wildman–Crippen MR) is 39.1 cm³/mol. The van der Waals surface area contributed by atoms with Gasteiger partial charge in [-0.2, -0.15) is 0 Å². The summed E-state index contributed by atoms with van der Waals surface area (Å²) in [6.45, 7) is 2.03. The van der Waals surface area contributed by atoms with Gasteiger partial charge in [-0.05, 0) is 0 Å². The molecule has 0 amide bonds. The molecule has 0 aromatic carbocycles. The van der Waals surface area contributed by atoms with Gasteiger partial charge < -0.3 is 5.73 Å². The van der Waals surface area contributed by atoms with Gasteiger partial charge in [0.2, 0.25) is 0 Å². The molecule has 3 nitrogen and oxygen atoms in total. The van der Waals surface area contributed by atoms with E-state index in [1.54, 1.807) is 12.4 Å². The molecule has 0 saturated heterocycles. The molecule has 4 heteroatoms. The van der Waals surface area contributed by atoms with E-state index >= 15 is 0 Å². The van der Waals surface area contributed by atoms with E-state index in [9.17, 15) is 0 Å². The molecule has 0 atom stereocenters. The summed E-state index contributed by atoms with van der Waals surface area (Å²) in [5, 5.41) is 0. The van der Waals surface area contributed by atoms with Gasteiger partial charge in [-0.25, -0.2) is 4.98 Å². The highest BCUT2D eigenvalue weighted by Crippen LogP contribution is 1.84. The van der Waals surface area contributed by atoms with Crippen LogP contribution in [-0.2, 0) is 0 Å². The van der Waals surface area contributed by atoms with Gasteiger partial charge in [0.05, 0.1) is 6.20 Å². The van der Waals surface area contributed by atoms with Crippen LogP contribution in [0.5, 0.6) is 0 Å². The van der Waals surface area contributed by atoms with Gasteiger partial charge in [0.15, 0.2) is 7.28 Å². The van der Waals surface area contributed by atoms with Crippen LogP contribution in [0.2, 0.25) is 6.82 Å². The number of nitrogens with two attached hydrogens (primary N) is 1. The molecule has 0 aliphatic carbocycles. The molecule has 9 heavy (non-hydrogen) atoms. The number of nitrogens with zero attached hydrogens (tertiary/aromatic N) is 2. The molecule has 0 aliphatic heterocycles. The van der Waals surface area contributed by atoms with E-state index in [1.165, 1.54) is 0 Å². The third-order valence-corrected chi connectivity index (χ3v) is 1.09. The first-order chi connectivity index (χ1) is 4.33. The molecule has 2 N–H and O–H groups in total. The summed E-state index contributed by atoms with van der Waals surface area (Å²) in [7, 11) is 0.910. The zero-order valence-corrected chi connectivity index (χ0v) is 5.33. The topological polar surface area (TPSA) is 51.8 Å². The summed E-state index contributed by atoms with van der Waals surface area (Å²) in [5.74, 6) is 0.479. The van der Waals surface area contributed by atoms with Crippen molar-refractivity contribution in [1.29, 1.82) is 0 Å². The first-order valence-corrected chi connectivity index (χ1v) is 2.89. The Labute approximate surface area is 54.6 Å². The van der Waals surface area contributed by atoms with Crippen molar-refractivity contribution in [3.8, 4) is 0 Å². The van der Waals surface area contributed by atoms with Crippen LogP contribution < -0.4 is 11.3 Å². The van der Waals surface area contributed by atoms with Gasteiger partial charge in [-0.15, -0.1) is 0 Å². The molecule has 1 aromatic heterocycles. The standard InChI is InChI=1S/C5H8BN3/c1-6-4-2-9-5(7)3-8-4/h2-3,6H,1H3,(H2,7,9). The smallest absolute Gasteiger partial charge is 0.181 e. The van der Waals surface area contributed by atoms with E-state index in [-0.39, 0.29) is 0 Å². The summed E-state index contributed by atoms with van der Waals surface area (Å²) in [4.78, 5) is 7.87. The molecule has 0 unspecified atom stereocenters. The third-order valence-electron chi connectivity index (χ3n) is 1.09. The molecule has 1 rings (SSSR count). The van der Waals surface area contributed by atoms with Crippen LogP contribution in [0.25, 0.3) is 0 Å². The van der Waals surface area contributed by atoms with Crippen molar-refractivity contribution in [2.24, 2.45) is 0 Å². The fourth-order valence-electron chi connectivity index (χ4n) is 0.547. The average molecular weight is 121 g/mol. The summed E-state index contributed by atoms with van der Waals surface area (Å²) < 4.78 is 0. The Kier molecular flexibility index (Phi) is 1.67. The predicted octanol–water partition coefficient (Wildman–Crippen LogP) is -0.831. The molecule has 0 bridgehead atoms. The largest absolute Gasteiger partial charge is 0.382 e. The molecule has 0 spiro atoms. The van der Waals surface area contributed by atoms with E-state index in [0.717, 1.165) is 12.9 Å². The Bertz CT molecular complexity index is 184. The van der Waals surface area contributed by atoms with Gasteiger partial charge in [-0.3, -0.25) is 4.98 Å². The van der Waals surface area contributed by atoms with Crippen molar-refractivity contribution < 1.29 is 0 Å². The molecular formula is C5H8BN3. The number of anilines is 1. The Morgan fingerprint density at radius 2 is 2.22 bits per heavy atom. The summed E-state index contributed by atoms with van der Waals surface area (Å²) in [6, 6.07) is 0. The highest BCUT2D eigenvalue weighted by Gasteiger charge is 1.89. The molecule has 1 heterocycles. The van der Waals surface area contributed by atoms with Crippen LogP contribution in [-0.4, -0.2) is 17.2 Å². The van der Waals surface area contributed by atoms with Gasteiger partial charge >= 0.3 is 0 Å². The first-order valence-electron chi connectivity index (χ1n) is 2.89. The molecule has 46 valence electrons. The summed E-state index contributed by atoms with van der Waals surface area (Å²) >= 11 is 0. The lowest BCUT2D eigenvalue weighted by molar-refractivity contribution is 1.25. The zero-order chi connectivity index (χ0) is 6.69. The molecule has 0 aliphatic rings. The number of rotatable bonds is 1. The highest BCUT2D eigenvalue weighted by molar-refractivity contribution is 6.50. The Balaban J connectivity index is 2.88. The van der Waals surface area contributed by atoms with Gasteiger partial charge in [0.25, 0.3) is 0 Å². The van der Waals surface area contributed by atoms with Crippen LogP contribution in [0.15, 0.2) is 12.4 Å². The maximum absolute atomic E-state index is 5.31. The second-order valence-corrected chi connectivity index (χ2v) is 1.79. The van der Waals surface area contributed by atoms with E-state index in [0.29, 0.717) is 5.82 Å². The highest BCUT2D eigenvalue weighted by atomic mass is 14.9. The maximum Gasteiger partial charge on any atom is 0.181 e. The molecule has 1 aromatic rings. The fraction of sp³-hybridized carbons (Fsp3) is 0.200. The zero-order valence-electron chi connectivity index (χ0n) is 5.33. The van der Waals surface area contributed by atoms with E-state index in [4.69, 9.17) is 5.73 Å². The molecule has 0 radical (unpaired) electrons. The minimum absolute atomic E-state index is 0.479. The van der Waals surface area contributed by atoms with E-state index in [1.807, 2.05) is 6.82 Å². The van der Waals surface area contributed by atoms with Crippen molar-refractivity contribution in [2.75, 3.05) is 5.73 Å². The average Bonchev–Trinajstić information content (AvgIpc) is 1.90. The van der Waals surface area contributed by atoms with Crippen LogP contribution in [0.1, 0.15) is 0 Å². The lowest BCUT2D eigenvalue weighted by Crippen LogP contribution is -2.15. The second-order valence-electron chi connectivity index (χ2n) is 1.79. The second kappa shape index (κ2) is 2.48. The molecular weight excluding hydrogens is 113 g/mol. The van der Waals surface area contributed by atoms with Crippen LogP contribution >= 0.6 is 0 Å². The third kappa shape index (κ3) is 1.42. The maximum atomic E-state index is 5.31. The number of nitrogen functional groups attached to an aromatic ring is 1. The SMILES string of the molecule is CBc1cnc(N)cn1. The fourth-order valence-corrected chi connectivity index (χ4v) is 0.547. The van der Waals surface area contributed by atoms with Crippen LogP contribution in [0.3, 0.4) is 0 Å². The van der Waals surface area contributed by atoms with Crippen LogP contribution in [0, 0.1) is 0 Å².